The molecule has 116 valence electrons. The van der Waals surface area contributed by atoms with E-state index >= 15 is 0 Å². The van der Waals surface area contributed by atoms with Gasteiger partial charge < -0.3 is 20.5 Å². The fourth-order valence-electron chi connectivity index (χ4n) is 1.90. The minimum Gasteiger partial charge on any atom is -0.495 e. The van der Waals surface area contributed by atoms with Crippen LogP contribution in [0.1, 0.15) is 37.0 Å². The molecule has 1 atom stereocenters. The number of nitrogens with two attached hydrogens (primary N) is 1. The minimum absolute atomic E-state index is 0.0674. The first-order valence-electron chi connectivity index (χ1n) is 6.88. The summed E-state index contributed by atoms with van der Waals surface area (Å²) in [6, 6.07) is 4.64. The molecule has 0 bridgehead atoms. The fourth-order valence-corrected chi connectivity index (χ4v) is 1.90. The molecular formula is C15H22N2O4. The maximum Gasteiger partial charge on any atom is 0.338 e. The number of carbonyl (C=O) groups is 2. The van der Waals surface area contributed by atoms with E-state index < -0.39 is 5.97 Å². The van der Waals surface area contributed by atoms with Crippen LogP contribution in [0.5, 0.6) is 5.75 Å². The highest BCUT2D eigenvalue weighted by molar-refractivity contribution is 5.92. The molecule has 1 aromatic rings. The van der Waals surface area contributed by atoms with Crippen LogP contribution in [0, 0.1) is 0 Å². The zero-order valence-corrected chi connectivity index (χ0v) is 12.6. The zero-order chi connectivity index (χ0) is 15.8. The van der Waals surface area contributed by atoms with Gasteiger partial charge in [-0.3, -0.25) is 4.79 Å². The van der Waals surface area contributed by atoms with E-state index in [1.54, 1.807) is 6.07 Å². The summed E-state index contributed by atoms with van der Waals surface area (Å²) in [4.78, 5) is 23.4. The third-order valence-corrected chi connectivity index (χ3v) is 2.93. The summed E-state index contributed by atoms with van der Waals surface area (Å²) in [6.45, 7) is 3.64. The second-order valence-electron chi connectivity index (χ2n) is 4.79. The van der Waals surface area contributed by atoms with Crippen molar-refractivity contribution in [1.82, 2.24) is 5.32 Å². The lowest BCUT2D eigenvalue weighted by atomic mass is 10.2. The summed E-state index contributed by atoms with van der Waals surface area (Å²) in [6.07, 6.45) is 1.86. The third-order valence-electron chi connectivity index (χ3n) is 2.93. The van der Waals surface area contributed by atoms with Crippen LogP contribution in [0.25, 0.3) is 0 Å². The second kappa shape index (κ2) is 8.14. The van der Waals surface area contributed by atoms with Crippen LogP contribution in [0.15, 0.2) is 18.2 Å². The average Bonchev–Trinajstić information content (AvgIpc) is 2.44. The van der Waals surface area contributed by atoms with Crippen molar-refractivity contribution in [1.29, 1.82) is 0 Å². The van der Waals surface area contributed by atoms with E-state index in [0.29, 0.717) is 11.4 Å². The molecule has 0 aliphatic rings. The lowest BCUT2D eigenvalue weighted by molar-refractivity contribution is -0.124. The van der Waals surface area contributed by atoms with E-state index in [1.165, 1.54) is 19.2 Å². The van der Waals surface area contributed by atoms with Crippen molar-refractivity contribution in [2.45, 2.75) is 32.7 Å². The standard InChI is InChI=1S/C15H22N2O4/c1-4-5-10(2)17-14(18)9-21-15(19)11-6-7-13(20-3)12(16)8-11/h6-8,10H,4-5,9,16H2,1-3H3,(H,17,18). The highest BCUT2D eigenvalue weighted by Gasteiger charge is 2.13. The molecule has 0 spiro atoms. The molecule has 6 heteroatoms. The first kappa shape index (κ1) is 16.8. The van der Waals surface area contributed by atoms with E-state index in [-0.39, 0.29) is 24.1 Å². The fraction of sp³-hybridized carbons (Fsp3) is 0.467. The van der Waals surface area contributed by atoms with Crippen LogP contribution in [0.3, 0.4) is 0 Å². The second-order valence-corrected chi connectivity index (χ2v) is 4.79. The van der Waals surface area contributed by atoms with Gasteiger partial charge in [-0.15, -0.1) is 0 Å². The number of carbonyl (C=O) groups excluding carboxylic acids is 2. The van der Waals surface area contributed by atoms with Gasteiger partial charge in [0.25, 0.3) is 5.91 Å². The molecule has 1 amide bonds. The highest BCUT2D eigenvalue weighted by Crippen LogP contribution is 2.22. The molecule has 1 unspecified atom stereocenters. The van der Waals surface area contributed by atoms with Gasteiger partial charge in [-0.25, -0.2) is 4.79 Å². The Kier molecular flexibility index (Phi) is 6.52. The molecule has 0 heterocycles. The molecule has 0 fully saturated rings. The number of nitrogen functional groups attached to an aromatic ring is 1. The zero-order valence-electron chi connectivity index (χ0n) is 12.6. The summed E-state index contributed by atoms with van der Waals surface area (Å²) in [5.74, 6) is -0.425. The Morgan fingerprint density at radius 1 is 1.38 bits per heavy atom. The lowest BCUT2D eigenvalue weighted by Gasteiger charge is -2.13. The Bertz CT molecular complexity index is 502. The molecule has 0 aliphatic heterocycles. The van der Waals surface area contributed by atoms with Crippen molar-refractivity contribution in [3.63, 3.8) is 0 Å². The first-order chi connectivity index (χ1) is 9.97. The predicted octanol–water partition coefficient (Wildman–Crippen LogP) is 1.74. The topological polar surface area (TPSA) is 90.6 Å². The van der Waals surface area contributed by atoms with E-state index in [4.69, 9.17) is 15.2 Å². The van der Waals surface area contributed by atoms with Crippen molar-refractivity contribution in [3.8, 4) is 5.75 Å². The number of nitrogens with one attached hydrogen (secondary N) is 1. The van der Waals surface area contributed by atoms with Crippen LogP contribution in [0.4, 0.5) is 5.69 Å². The van der Waals surface area contributed by atoms with Gasteiger partial charge >= 0.3 is 5.97 Å². The monoisotopic (exact) mass is 294 g/mol. The molecule has 21 heavy (non-hydrogen) atoms. The number of amides is 1. The Morgan fingerprint density at radius 2 is 2.10 bits per heavy atom. The molecule has 0 aliphatic carbocycles. The molecule has 1 rings (SSSR count). The number of rotatable bonds is 7. The van der Waals surface area contributed by atoms with Gasteiger partial charge in [0.1, 0.15) is 5.75 Å². The predicted molar refractivity (Wildman–Crippen MR) is 80.2 cm³/mol. The number of esters is 1. The number of anilines is 1. The lowest BCUT2D eigenvalue weighted by Crippen LogP contribution is -2.35. The Morgan fingerprint density at radius 3 is 2.67 bits per heavy atom. The molecule has 0 radical (unpaired) electrons. The van der Waals surface area contributed by atoms with Crippen LogP contribution in [-0.4, -0.2) is 31.6 Å². The van der Waals surface area contributed by atoms with E-state index in [1.807, 2.05) is 13.8 Å². The van der Waals surface area contributed by atoms with Crippen molar-refractivity contribution in [2.75, 3.05) is 19.5 Å². The summed E-state index contributed by atoms with van der Waals surface area (Å²) in [5.41, 5.74) is 6.33. The molecule has 1 aromatic carbocycles. The van der Waals surface area contributed by atoms with Gasteiger partial charge in [-0.05, 0) is 31.5 Å². The van der Waals surface area contributed by atoms with Gasteiger partial charge in [0, 0.05) is 6.04 Å². The molecule has 0 aromatic heterocycles. The Balaban J connectivity index is 2.50. The van der Waals surface area contributed by atoms with E-state index in [2.05, 4.69) is 5.32 Å². The van der Waals surface area contributed by atoms with Crippen LogP contribution in [0.2, 0.25) is 0 Å². The molecule has 3 N–H and O–H groups in total. The minimum atomic E-state index is -0.595. The third kappa shape index (κ3) is 5.33. The number of ether oxygens (including phenoxy) is 2. The highest BCUT2D eigenvalue weighted by atomic mass is 16.5. The summed E-state index contributed by atoms with van der Waals surface area (Å²) < 4.78 is 9.95. The maximum absolute atomic E-state index is 11.8. The molecule has 6 nitrogen and oxygen atoms in total. The van der Waals surface area contributed by atoms with Crippen molar-refractivity contribution in [2.24, 2.45) is 0 Å². The van der Waals surface area contributed by atoms with Crippen LogP contribution >= 0.6 is 0 Å². The maximum atomic E-state index is 11.8. The smallest absolute Gasteiger partial charge is 0.338 e. The Labute approximate surface area is 124 Å². The summed E-state index contributed by atoms with van der Waals surface area (Å²) in [5, 5.41) is 2.76. The van der Waals surface area contributed by atoms with Gasteiger partial charge in [0.2, 0.25) is 0 Å². The van der Waals surface area contributed by atoms with Crippen LogP contribution < -0.4 is 15.8 Å². The van der Waals surface area contributed by atoms with Gasteiger partial charge in [0.15, 0.2) is 6.61 Å². The first-order valence-corrected chi connectivity index (χ1v) is 6.88. The number of methoxy groups -OCH3 is 1. The van der Waals surface area contributed by atoms with Gasteiger partial charge in [-0.2, -0.15) is 0 Å². The number of benzene rings is 1. The van der Waals surface area contributed by atoms with Crippen molar-refractivity contribution in [3.05, 3.63) is 23.8 Å². The molecular weight excluding hydrogens is 272 g/mol. The summed E-state index contributed by atoms with van der Waals surface area (Å²) >= 11 is 0. The number of hydrogen-bond donors (Lipinski definition) is 2. The molecule has 0 saturated carbocycles. The number of hydrogen-bond acceptors (Lipinski definition) is 5. The van der Waals surface area contributed by atoms with Gasteiger partial charge in [0.05, 0.1) is 18.4 Å². The summed E-state index contributed by atoms with van der Waals surface area (Å²) in [7, 11) is 1.49. The average molecular weight is 294 g/mol. The largest absolute Gasteiger partial charge is 0.495 e. The molecule has 0 saturated heterocycles. The van der Waals surface area contributed by atoms with Crippen molar-refractivity contribution >= 4 is 17.6 Å². The van der Waals surface area contributed by atoms with Gasteiger partial charge in [-0.1, -0.05) is 13.3 Å². The van der Waals surface area contributed by atoms with E-state index in [0.717, 1.165) is 12.8 Å². The normalized spacial score (nSPS) is 11.6. The van der Waals surface area contributed by atoms with Crippen LogP contribution in [-0.2, 0) is 9.53 Å². The van der Waals surface area contributed by atoms with Crippen molar-refractivity contribution < 1.29 is 19.1 Å². The quantitative estimate of drug-likeness (QED) is 0.590. The SMILES string of the molecule is CCCC(C)NC(=O)COC(=O)c1ccc(OC)c(N)c1. The Hall–Kier alpha value is -2.24. The van der Waals surface area contributed by atoms with E-state index in [9.17, 15) is 9.59 Å².